The third-order valence-electron chi connectivity index (χ3n) is 4.05. The number of esters is 2. The Morgan fingerprint density at radius 2 is 2.12 bits per heavy atom. The van der Waals surface area contributed by atoms with Gasteiger partial charge in [-0.25, -0.2) is 9.79 Å². The van der Waals surface area contributed by atoms with E-state index in [2.05, 4.69) is 4.99 Å². The van der Waals surface area contributed by atoms with Gasteiger partial charge in [0.05, 0.1) is 24.4 Å². The number of hydrogen-bond donors (Lipinski definition) is 0. The van der Waals surface area contributed by atoms with Gasteiger partial charge in [0, 0.05) is 19.1 Å². The van der Waals surface area contributed by atoms with Crippen molar-refractivity contribution in [2.75, 3.05) is 12.9 Å². The second kappa shape index (κ2) is 7.33. The molecule has 1 amide bonds. The molecule has 8 heteroatoms. The van der Waals surface area contributed by atoms with Crippen LogP contribution in [0.5, 0.6) is 5.75 Å². The molecule has 1 unspecified atom stereocenters. The molecule has 1 aromatic rings. The Morgan fingerprint density at radius 1 is 1.35 bits per heavy atom. The van der Waals surface area contributed by atoms with Gasteiger partial charge in [0.1, 0.15) is 5.75 Å². The van der Waals surface area contributed by atoms with Gasteiger partial charge in [-0.1, -0.05) is 23.9 Å². The van der Waals surface area contributed by atoms with E-state index >= 15 is 0 Å². The highest BCUT2D eigenvalue weighted by molar-refractivity contribution is 8.14. The number of ether oxygens (including phenoxy) is 2. The first kappa shape index (κ1) is 18.2. The number of methoxy groups -OCH3 is 1. The number of rotatable bonds is 3. The molecule has 2 aliphatic rings. The third kappa shape index (κ3) is 3.37. The van der Waals surface area contributed by atoms with Gasteiger partial charge in [-0.15, -0.1) is 0 Å². The molecule has 3 rings (SSSR count). The smallest absolute Gasteiger partial charge is 0.338 e. The summed E-state index contributed by atoms with van der Waals surface area (Å²) in [6.07, 6.45) is 0.358. The molecule has 0 aromatic heterocycles. The summed E-state index contributed by atoms with van der Waals surface area (Å²) in [6.45, 7) is 3.03. The maximum atomic E-state index is 12.6. The number of benzene rings is 1. The third-order valence-corrected chi connectivity index (χ3v) is 5.00. The van der Waals surface area contributed by atoms with Crippen molar-refractivity contribution >= 4 is 34.8 Å². The van der Waals surface area contributed by atoms with E-state index < -0.39 is 18.0 Å². The first-order valence-electron chi connectivity index (χ1n) is 8.03. The van der Waals surface area contributed by atoms with Crippen molar-refractivity contribution in [3.8, 4) is 5.75 Å². The van der Waals surface area contributed by atoms with Crippen LogP contribution in [0, 0.1) is 0 Å². The Kier molecular flexibility index (Phi) is 5.13. The first-order valence-corrected chi connectivity index (χ1v) is 9.02. The summed E-state index contributed by atoms with van der Waals surface area (Å²) >= 11 is 1.47. The van der Waals surface area contributed by atoms with Crippen molar-refractivity contribution in [2.24, 2.45) is 4.99 Å². The fraction of sp³-hybridized carbons (Fsp3) is 0.333. The standard InChI is InChI=1S/C18H18N2O5S/c1-10-15(17(23)24-3)16(20-14(22)7-8-26-18(20)19-10)12-5-4-6-13(9-12)25-11(2)21/h4-6,9,16H,7-8H2,1-3H3. The molecule has 1 fully saturated rings. The summed E-state index contributed by atoms with van der Waals surface area (Å²) < 4.78 is 10.1. The van der Waals surface area contributed by atoms with Crippen molar-refractivity contribution < 1.29 is 23.9 Å². The summed E-state index contributed by atoms with van der Waals surface area (Å²) in [6, 6.07) is 6.11. The van der Waals surface area contributed by atoms with Crippen LogP contribution < -0.4 is 4.74 Å². The first-order chi connectivity index (χ1) is 12.4. The van der Waals surface area contributed by atoms with Gasteiger partial charge in [-0.2, -0.15) is 0 Å². The number of hydrogen-bond acceptors (Lipinski definition) is 7. The van der Waals surface area contributed by atoms with Gasteiger partial charge in [-0.3, -0.25) is 14.5 Å². The number of aliphatic imine (C=N–C) groups is 1. The largest absolute Gasteiger partial charge is 0.466 e. The maximum Gasteiger partial charge on any atom is 0.338 e. The van der Waals surface area contributed by atoms with Crippen LogP contribution >= 0.6 is 11.8 Å². The minimum atomic E-state index is -0.675. The van der Waals surface area contributed by atoms with E-state index in [1.165, 1.54) is 30.7 Å². The average molecular weight is 374 g/mol. The van der Waals surface area contributed by atoms with Gasteiger partial charge in [0.15, 0.2) is 5.17 Å². The highest BCUT2D eigenvalue weighted by atomic mass is 32.2. The van der Waals surface area contributed by atoms with Gasteiger partial charge >= 0.3 is 11.9 Å². The summed E-state index contributed by atoms with van der Waals surface area (Å²) in [4.78, 5) is 42.3. The molecule has 0 aliphatic carbocycles. The van der Waals surface area contributed by atoms with E-state index in [9.17, 15) is 14.4 Å². The molecule has 1 saturated heterocycles. The molecular formula is C18H18N2O5S. The molecule has 1 aromatic carbocycles. The average Bonchev–Trinajstić information content (AvgIpc) is 2.60. The Bertz CT molecular complexity index is 846. The zero-order valence-electron chi connectivity index (χ0n) is 14.6. The molecule has 2 aliphatic heterocycles. The topological polar surface area (TPSA) is 85.3 Å². The monoisotopic (exact) mass is 374 g/mol. The number of allylic oxidation sites excluding steroid dienone is 1. The number of nitrogens with zero attached hydrogens (tertiary/aromatic N) is 2. The van der Waals surface area contributed by atoms with E-state index in [0.717, 1.165) is 0 Å². The van der Waals surface area contributed by atoms with Crippen molar-refractivity contribution in [1.82, 2.24) is 4.90 Å². The summed E-state index contributed by atoms with van der Waals surface area (Å²) in [5, 5.41) is 0.564. The van der Waals surface area contributed by atoms with Gasteiger partial charge in [0.25, 0.3) is 0 Å². The number of thioether (sulfide) groups is 1. The molecule has 1 atom stereocenters. The molecule has 136 valence electrons. The van der Waals surface area contributed by atoms with E-state index in [0.29, 0.717) is 39.9 Å². The second-order valence-electron chi connectivity index (χ2n) is 5.82. The lowest BCUT2D eigenvalue weighted by Gasteiger charge is -2.38. The molecule has 0 spiro atoms. The number of fused-ring (bicyclic) bond motifs is 1. The van der Waals surface area contributed by atoms with Crippen LogP contribution in [0.25, 0.3) is 0 Å². The lowest BCUT2D eigenvalue weighted by molar-refractivity contribution is -0.137. The van der Waals surface area contributed by atoms with E-state index in [1.807, 2.05) is 0 Å². The minimum absolute atomic E-state index is 0.112. The van der Waals surface area contributed by atoms with Crippen LogP contribution in [-0.2, 0) is 19.1 Å². The van der Waals surface area contributed by atoms with Crippen molar-refractivity contribution in [2.45, 2.75) is 26.3 Å². The predicted molar refractivity (Wildman–Crippen MR) is 96.6 cm³/mol. The second-order valence-corrected chi connectivity index (χ2v) is 6.88. The maximum absolute atomic E-state index is 12.6. The van der Waals surface area contributed by atoms with E-state index in [-0.39, 0.29) is 5.91 Å². The lowest BCUT2D eigenvalue weighted by atomic mass is 9.94. The molecule has 2 heterocycles. The van der Waals surface area contributed by atoms with Crippen LogP contribution in [0.3, 0.4) is 0 Å². The normalized spacial score (nSPS) is 19.7. The van der Waals surface area contributed by atoms with Crippen LogP contribution in [-0.4, -0.2) is 40.8 Å². The molecule has 7 nitrogen and oxygen atoms in total. The predicted octanol–water partition coefficient (Wildman–Crippen LogP) is 2.44. The Labute approximate surface area is 155 Å². The number of carbonyl (C=O) groups excluding carboxylic acids is 3. The molecule has 0 N–H and O–H groups in total. The molecule has 0 bridgehead atoms. The molecule has 0 radical (unpaired) electrons. The summed E-state index contributed by atoms with van der Waals surface area (Å²) in [5.74, 6) is -0.110. The zero-order valence-corrected chi connectivity index (χ0v) is 15.5. The fourth-order valence-corrected chi connectivity index (χ4v) is 4.00. The van der Waals surface area contributed by atoms with Crippen LogP contribution in [0.4, 0.5) is 0 Å². The molecule has 0 saturated carbocycles. The van der Waals surface area contributed by atoms with E-state index in [1.54, 1.807) is 31.2 Å². The van der Waals surface area contributed by atoms with Crippen molar-refractivity contribution in [3.63, 3.8) is 0 Å². The summed E-state index contributed by atoms with van der Waals surface area (Å²) in [7, 11) is 1.29. The number of carbonyl (C=O) groups is 3. The number of amides is 1. The van der Waals surface area contributed by atoms with Gasteiger partial charge in [-0.05, 0) is 24.6 Å². The highest BCUT2D eigenvalue weighted by Crippen LogP contribution is 2.40. The lowest BCUT2D eigenvalue weighted by Crippen LogP contribution is -2.45. The van der Waals surface area contributed by atoms with Crippen LogP contribution in [0.15, 0.2) is 40.5 Å². The van der Waals surface area contributed by atoms with Crippen LogP contribution in [0.2, 0.25) is 0 Å². The summed E-state index contributed by atoms with van der Waals surface area (Å²) in [5.41, 5.74) is 1.45. The minimum Gasteiger partial charge on any atom is -0.466 e. The van der Waals surface area contributed by atoms with Gasteiger partial charge < -0.3 is 9.47 Å². The Morgan fingerprint density at radius 3 is 2.81 bits per heavy atom. The zero-order chi connectivity index (χ0) is 18.8. The Balaban J connectivity index is 2.14. The van der Waals surface area contributed by atoms with Crippen molar-refractivity contribution in [1.29, 1.82) is 0 Å². The van der Waals surface area contributed by atoms with Gasteiger partial charge in [0.2, 0.25) is 5.91 Å². The highest BCUT2D eigenvalue weighted by Gasteiger charge is 2.41. The molecule has 26 heavy (non-hydrogen) atoms. The quantitative estimate of drug-likeness (QED) is 0.597. The van der Waals surface area contributed by atoms with Crippen LogP contribution in [0.1, 0.15) is 31.9 Å². The number of amidine groups is 1. The van der Waals surface area contributed by atoms with Crippen molar-refractivity contribution in [3.05, 3.63) is 41.1 Å². The Hall–Kier alpha value is -2.61. The molecular weight excluding hydrogens is 356 g/mol. The fourth-order valence-electron chi connectivity index (χ4n) is 3.00. The SMILES string of the molecule is COC(=O)C1=C(C)N=C2SCCC(=O)N2C1c1cccc(OC(C)=O)c1. The van der Waals surface area contributed by atoms with E-state index in [4.69, 9.17) is 9.47 Å².